The standard InChI is InChI=1S/C12H16S2/c1-10-6-3-4-7-11(10)12(2)13-8-5-9-14-12/h3-4,6-7H,5,8-9H2,1-2H3. The first kappa shape index (κ1) is 10.4. The smallest absolute Gasteiger partial charge is 0.0834 e. The Labute approximate surface area is 94.9 Å². The largest absolute Gasteiger partial charge is 0.140 e. The summed E-state index contributed by atoms with van der Waals surface area (Å²) in [4.78, 5) is 0. The van der Waals surface area contributed by atoms with E-state index in [9.17, 15) is 0 Å². The summed E-state index contributed by atoms with van der Waals surface area (Å²) in [5.41, 5.74) is 2.94. The minimum Gasteiger partial charge on any atom is -0.140 e. The predicted molar refractivity (Wildman–Crippen MR) is 68.1 cm³/mol. The number of hydrogen-bond donors (Lipinski definition) is 0. The Kier molecular flexibility index (Phi) is 3.13. The van der Waals surface area contributed by atoms with Gasteiger partial charge in [0.2, 0.25) is 0 Å². The number of rotatable bonds is 1. The fraction of sp³-hybridized carbons (Fsp3) is 0.500. The lowest BCUT2D eigenvalue weighted by atomic mass is 10.1. The first-order chi connectivity index (χ1) is 6.72. The van der Waals surface area contributed by atoms with Gasteiger partial charge in [0.1, 0.15) is 0 Å². The van der Waals surface area contributed by atoms with E-state index in [-0.39, 0.29) is 0 Å². The molecule has 0 aliphatic carbocycles. The topological polar surface area (TPSA) is 0 Å². The van der Waals surface area contributed by atoms with Crippen LogP contribution >= 0.6 is 23.5 Å². The molecule has 0 saturated carbocycles. The van der Waals surface area contributed by atoms with Crippen LogP contribution in [0.4, 0.5) is 0 Å². The minimum absolute atomic E-state index is 0.295. The molecule has 1 fully saturated rings. The molecule has 0 bridgehead atoms. The van der Waals surface area contributed by atoms with Gasteiger partial charge in [-0.3, -0.25) is 0 Å². The third-order valence-electron chi connectivity index (χ3n) is 2.68. The van der Waals surface area contributed by atoms with E-state index in [2.05, 4.69) is 61.6 Å². The lowest BCUT2D eigenvalue weighted by Crippen LogP contribution is -2.19. The van der Waals surface area contributed by atoms with E-state index in [1.807, 2.05) is 0 Å². The highest BCUT2D eigenvalue weighted by atomic mass is 32.2. The average molecular weight is 224 g/mol. The number of aryl methyl sites for hydroxylation is 1. The summed E-state index contributed by atoms with van der Waals surface area (Å²) < 4.78 is 0.295. The van der Waals surface area contributed by atoms with Crippen molar-refractivity contribution in [1.82, 2.24) is 0 Å². The molecular weight excluding hydrogens is 208 g/mol. The van der Waals surface area contributed by atoms with Crippen molar-refractivity contribution in [2.75, 3.05) is 11.5 Å². The van der Waals surface area contributed by atoms with E-state index < -0.39 is 0 Å². The summed E-state index contributed by atoms with van der Waals surface area (Å²) in [6.07, 6.45) is 1.36. The Hall–Kier alpha value is -0.0800. The van der Waals surface area contributed by atoms with Gasteiger partial charge in [0.15, 0.2) is 0 Å². The molecule has 0 aromatic heterocycles. The van der Waals surface area contributed by atoms with Crippen molar-refractivity contribution in [1.29, 1.82) is 0 Å². The van der Waals surface area contributed by atoms with Crippen LogP contribution in [0, 0.1) is 6.92 Å². The number of benzene rings is 1. The summed E-state index contributed by atoms with van der Waals surface area (Å²) in [5.74, 6) is 2.61. The average Bonchev–Trinajstić information content (AvgIpc) is 2.19. The van der Waals surface area contributed by atoms with Gasteiger partial charge in [-0.2, -0.15) is 0 Å². The fourth-order valence-electron chi connectivity index (χ4n) is 1.87. The van der Waals surface area contributed by atoms with Crippen LogP contribution < -0.4 is 0 Å². The van der Waals surface area contributed by atoms with Crippen LogP contribution in [-0.2, 0) is 4.08 Å². The maximum absolute atomic E-state index is 2.36. The summed E-state index contributed by atoms with van der Waals surface area (Å²) >= 11 is 4.19. The molecule has 14 heavy (non-hydrogen) atoms. The Morgan fingerprint density at radius 2 is 1.79 bits per heavy atom. The van der Waals surface area contributed by atoms with Crippen LogP contribution in [0.3, 0.4) is 0 Å². The second-order valence-electron chi connectivity index (χ2n) is 3.81. The Balaban J connectivity index is 2.32. The summed E-state index contributed by atoms with van der Waals surface area (Å²) in [7, 11) is 0. The highest BCUT2D eigenvalue weighted by Gasteiger charge is 2.31. The molecule has 0 radical (unpaired) electrons. The fourth-order valence-corrected chi connectivity index (χ4v) is 5.01. The van der Waals surface area contributed by atoms with E-state index in [1.165, 1.54) is 29.1 Å². The van der Waals surface area contributed by atoms with Gasteiger partial charge in [-0.15, -0.1) is 23.5 Å². The van der Waals surface area contributed by atoms with Crippen molar-refractivity contribution in [2.45, 2.75) is 24.3 Å². The highest BCUT2D eigenvalue weighted by molar-refractivity contribution is 8.18. The molecule has 1 aliphatic rings. The van der Waals surface area contributed by atoms with Crippen molar-refractivity contribution >= 4 is 23.5 Å². The predicted octanol–water partition coefficient (Wildman–Crippen LogP) is 4.04. The Bertz CT molecular complexity index is 314. The minimum atomic E-state index is 0.295. The molecular formula is C12H16S2. The van der Waals surface area contributed by atoms with Gasteiger partial charge < -0.3 is 0 Å². The molecule has 0 spiro atoms. The van der Waals surface area contributed by atoms with Crippen LogP contribution in [0.25, 0.3) is 0 Å². The van der Waals surface area contributed by atoms with Crippen LogP contribution in [-0.4, -0.2) is 11.5 Å². The molecule has 2 rings (SSSR count). The quantitative estimate of drug-likeness (QED) is 0.706. The van der Waals surface area contributed by atoms with Gasteiger partial charge in [0.25, 0.3) is 0 Å². The molecule has 0 atom stereocenters. The van der Waals surface area contributed by atoms with Gasteiger partial charge in [0.05, 0.1) is 4.08 Å². The first-order valence-electron chi connectivity index (χ1n) is 5.06. The van der Waals surface area contributed by atoms with Gasteiger partial charge >= 0.3 is 0 Å². The van der Waals surface area contributed by atoms with E-state index in [4.69, 9.17) is 0 Å². The van der Waals surface area contributed by atoms with Crippen LogP contribution in [0.2, 0.25) is 0 Å². The summed E-state index contributed by atoms with van der Waals surface area (Å²) in [6.45, 7) is 4.58. The first-order valence-corrected chi connectivity index (χ1v) is 7.03. The SMILES string of the molecule is Cc1ccccc1C1(C)SCCCS1. The molecule has 0 N–H and O–H groups in total. The monoisotopic (exact) mass is 224 g/mol. The zero-order valence-corrected chi connectivity index (χ0v) is 10.4. The number of hydrogen-bond acceptors (Lipinski definition) is 2. The van der Waals surface area contributed by atoms with Crippen molar-refractivity contribution in [3.8, 4) is 0 Å². The van der Waals surface area contributed by atoms with Gasteiger partial charge in [0, 0.05) is 0 Å². The van der Waals surface area contributed by atoms with Gasteiger partial charge in [-0.05, 0) is 42.9 Å². The third-order valence-corrected chi connectivity index (χ3v) is 5.91. The van der Waals surface area contributed by atoms with Crippen molar-refractivity contribution in [3.05, 3.63) is 35.4 Å². The molecule has 0 amide bonds. The molecule has 0 nitrogen and oxygen atoms in total. The molecule has 1 aromatic rings. The Morgan fingerprint density at radius 1 is 1.14 bits per heavy atom. The molecule has 1 heterocycles. The van der Waals surface area contributed by atoms with Crippen molar-refractivity contribution in [2.24, 2.45) is 0 Å². The summed E-state index contributed by atoms with van der Waals surface area (Å²) in [6, 6.07) is 8.78. The lowest BCUT2D eigenvalue weighted by molar-refractivity contribution is 0.951. The zero-order valence-electron chi connectivity index (χ0n) is 8.75. The molecule has 0 unspecified atom stereocenters. The molecule has 1 aromatic carbocycles. The van der Waals surface area contributed by atoms with E-state index in [0.29, 0.717) is 4.08 Å². The van der Waals surface area contributed by atoms with Crippen LogP contribution in [0.5, 0.6) is 0 Å². The highest BCUT2D eigenvalue weighted by Crippen LogP contribution is 2.50. The second-order valence-corrected chi connectivity index (χ2v) is 7.10. The molecule has 2 heteroatoms. The van der Waals surface area contributed by atoms with Gasteiger partial charge in [-0.25, -0.2) is 0 Å². The van der Waals surface area contributed by atoms with E-state index >= 15 is 0 Å². The maximum Gasteiger partial charge on any atom is 0.0834 e. The molecule has 76 valence electrons. The third kappa shape index (κ3) is 1.96. The van der Waals surface area contributed by atoms with Gasteiger partial charge in [-0.1, -0.05) is 24.3 Å². The van der Waals surface area contributed by atoms with Crippen LogP contribution in [0.1, 0.15) is 24.5 Å². The molecule has 1 aliphatic heterocycles. The zero-order chi connectivity index (χ0) is 10.0. The lowest BCUT2D eigenvalue weighted by Gasteiger charge is -2.33. The summed E-state index contributed by atoms with van der Waals surface area (Å²) in [5, 5.41) is 0. The maximum atomic E-state index is 2.36. The number of thioether (sulfide) groups is 2. The van der Waals surface area contributed by atoms with E-state index in [0.717, 1.165) is 0 Å². The second kappa shape index (κ2) is 4.19. The normalized spacial score (nSPS) is 20.7. The van der Waals surface area contributed by atoms with Crippen LogP contribution in [0.15, 0.2) is 24.3 Å². The van der Waals surface area contributed by atoms with Crippen molar-refractivity contribution < 1.29 is 0 Å². The Morgan fingerprint density at radius 3 is 2.43 bits per heavy atom. The van der Waals surface area contributed by atoms with Crippen molar-refractivity contribution in [3.63, 3.8) is 0 Å². The van der Waals surface area contributed by atoms with E-state index in [1.54, 1.807) is 0 Å². The molecule has 1 saturated heterocycles.